The van der Waals surface area contributed by atoms with Gasteiger partial charge < -0.3 is 19.7 Å². The van der Waals surface area contributed by atoms with E-state index in [0.29, 0.717) is 37.2 Å². The number of esters is 1. The predicted molar refractivity (Wildman–Crippen MR) is 111 cm³/mol. The first-order chi connectivity index (χ1) is 14.0. The van der Waals surface area contributed by atoms with Gasteiger partial charge in [-0.3, -0.25) is 14.4 Å². The average Bonchev–Trinajstić information content (AvgIpc) is 2.67. The van der Waals surface area contributed by atoms with Crippen molar-refractivity contribution in [2.45, 2.75) is 59.2 Å². The molecule has 0 spiro atoms. The van der Waals surface area contributed by atoms with E-state index in [1.54, 1.807) is 49.9 Å². The largest absolute Gasteiger partial charge is 0.452 e. The average molecular weight is 418 g/mol. The van der Waals surface area contributed by atoms with Crippen molar-refractivity contribution in [1.29, 1.82) is 0 Å². The summed E-state index contributed by atoms with van der Waals surface area (Å²) in [6.45, 7) is 9.19. The molecule has 1 atom stereocenters. The number of anilines is 1. The summed E-state index contributed by atoms with van der Waals surface area (Å²) in [5, 5.41) is 2.66. The Balaban J connectivity index is 1.80. The normalized spacial score (nSPS) is 15.8. The molecule has 164 valence electrons. The number of likely N-dealkylation sites (tertiary alicyclic amines) is 1. The predicted octanol–water partition coefficient (Wildman–Crippen LogP) is 3.41. The van der Waals surface area contributed by atoms with Crippen molar-refractivity contribution in [3.8, 4) is 0 Å². The highest BCUT2D eigenvalue weighted by Crippen LogP contribution is 2.21. The Morgan fingerprint density at radius 1 is 1.07 bits per heavy atom. The van der Waals surface area contributed by atoms with Crippen LogP contribution in [0.3, 0.4) is 0 Å². The summed E-state index contributed by atoms with van der Waals surface area (Å²) < 4.78 is 10.7. The number of carbonyl (C=O) groups is 4. The number of nitrogens with one attached hydrogen (secondary N) is 1. The minimum absolute atomic E-state index is 0.0621. The quantitative estimate of drug-likeness (QED) is 0.581. The zero-order chi connectivity index (χ0) is 22.5. The highest BCUT2D eigenvalue weighted by molar-refractivity contribution is 5.97. The number of carbonyl (C=O) groups excluding carboxylic acids is 4. The molecule has 0 unspecified atom stereocenters. The fraction of sp³-hybridized carbons (Fsp3) is 0.545. The molecule has 1 aromatic rings. The molecule has 1 fully saturated rings. The second-order valence-electron chi connectivity index (χ2n) is 8.44. The van der Waals surface area contributed by atoms with E-state index in [4.69, 9.17) is 9.47 Å². The van der Waals surface area contributed by atoms with Crippen LogP contribution in [0.25, 0.3) is 0 Å². The number of nitrogens with zero attached hydrogens (tertiary/aromatic N) is 1. The summed E-state index contributed by atoms with van der Waals surface area (Å²) >= 11 is 0. The monoisotopic (exact) mass is 418 g/mol. The smallest absolute Gasteiger partial charge is 0.410 e. The van der Waals surface area contributed by atoms with Gasteiger partial charge in [0.05, 0.1) is 5.92 Å². The van der Waals surface area contributed by atoms with Crippen LogP contribution in [0, 0.1) is 5.92 Å². The molecule has 0 saturated carbocycles. The number of ether oxygens (including phenoxy) is 2. The van der Waals surface area contributed by atoms with Gasteiger partial charge in [0, 0.05) is 24.3 Å². The first-order valence-electron chi connectivity index (χ1n) is 10.1. The maximum atomic E-state index is 12.4. The first kappa shape index (κ1) is 23.4. The second kappa shape index (κ2) is 9.73. The number of hydrogen-bond acceptors (Lipinski definition) is 6. The van der Waals surface area contributed by atoms with Crippen LogP contribution in [-0.2, 0) is 19.1 Å². The molecule has 1 aliphatic rings. The molecule has 0 aliphatic carbocycles. The molecule has 2 amide bonds. The van der Waals surface area contributed by atoms with E-state index >= 15 is 0 Å². The molecule has 1 aliphatic heterocycles. The van der Waals surface area contributed by atoms with Crippen LogP contribution >= 0.6 is 0 Å². The van der Waals surface area contributed by atoms with Crippen LogP contribution in [0.5, 0.6) is 0 Å². The van der Waals surface area contributed by atoms with Crippen molar-refractivity contribution < 1.29 is 28.7 Å². The first-order valence-corrected chi connectivity index (χ1v) is 10.1. The summed E-state index contributed by atoms with van der Waals surface area (Å²) in [5.41, 5.74) is 0.492. The SMILES string of the molecule is CC(=O)c1ccc(NC(=O)[C@H](C)OC(=O)C2CCN(C(=O)OC(C)(C)C)CC2)cc1. The van der Waals surface area contributed by atoms with Gasteiger partial charge in [0.25, 0.3) is 5.91 Å². The molecule has 8 heteroatoms. The van der Waals surface area contributed by atoms with Crippen LogP contribution in [0.2, 0.25) is 0 Å². The minimum atomic E-state index is -0.964. The van der Waals surface area contributed by atoms with Gasteiger partial charge in [-0.15, -0.1) is 0 Å². The number of piperidine rings is 1. The Hall–Kier alpha value is -2.90. The Morgan fingerprint density at radius 2 is 1.63 bits per heavy atom. The van der Waals surface area contributed by atoms with E-state index in [2.05, 4.69) is 5.32 Å². The lowest BCUT2D eigenvalue weighted by Gasteiger charge is -2.32. The van der Waals surface area contributed by atoms with E-state index < -0.39 is 29.7 Å². The molecular formula is C22H30N2O6. The summed E-state index contributed by atoms with van der Waals surface area (Å²) in [6, 6.07) is 6.48. The Morgan fingerprint density at radius 3 is 2.13 bits per heavy atom. The maximum Gasteiger partial charge on any atom is 0.410 e. The van der Waals surface area contributed by atoms with Crippen LogP contribution in [0.4, 0.5) is 10.5 Å². The van der Waals surface area contributed by atoms with Gasteiger partial charge in [-0.25, -0.2) is 4.79 Å². The van der Waals surface area contributed by atoms with Crippen molar-refractivity contribution in [3.63, 3.8) is 0 Å². The third kappa shape index (κ3) is 6.86. The summed E-state index contributed by atoms with van der Waals surface area (Å²) in [4.78, 5) is 49.7. The highest BCUT2D eigenvalue weighted by atomic mass is 16.6. The Labute approximate surface area is 176 Å². The summed E-state index contributed by atoms with van der Waals surface area (Å²) in [5.74, 6) is -1.33. The molecule has 1 heterocycles. The van der Waals surface area contributed by atoms with E-state index in [9.17, 15) is 19.2 Å². The summed E-state index contributed by atoms with van der Waals surface area (Å²) in [6.07, 6.45) is -0.440. The lowest BCUT2D eigenvalue weighted by atomic mass is 9.97. The topological polar surface area (TPSA) is 102 Å². The Bertz CT molecular complexity index is 789. The molecule has 8 nitrogen and oxygen atoms in total. The number of hydrogen-bond donors (Lipinski definition) is 1. The molecule has 1 saturated heterocycles. The van der Waals surface area contributed by atoms with Crippen molar-refractivity contribution >= 4 is 29.4 Å². The van der Waals surface area contributed by atoms with Crippen molar-refractivity contribution in [3.05, 3.63) is 29.8 Å². The molecule has 1 aromatic carbocycles. The standard InChI is InChI=1S/C22H30N2O6/c1-14(25)16-6-8-18(9-7-16)23-19(26)15(2)29-20(27)17-10-12-24(13-11-17)21(28)30-22(3,4)5/h6-9,15,17H,10-13H2,1-5H3,(H,23,26)/t15-/m0/s1. The van der Waals surface area contributed by atoms with Gasteiger partial charge in [0.15, 0.2) is 11.9 Å². The van der Waals surface area contributed by atoms with E-state index in [-0.39, 0.29) is 11.7 Å². The number of ketones is 1. The van der Waals surface area contributed by atoms with Gasteiger partial charge in [-0.1, -0.05) is 0 Å². The minimum Gasteiger partial charge on any atom is -0.452 e. The molecular weight excluding hydrogens is 388 g/mol. The van der Waals surface area contributed by atoms with Gasteiger partial charge in [-0.05, 0) is 71.7 Å². The van der Waals surface area contributed by atoms with Crippen molar-refractivity contribution in [1.82, 2.24) is 4.90 Å². The third-order valence-corrected chi connectivity index (χ3v) is 4.70. The van der Waals surface area contributed by atoms with Crippen molar-refractivity contribution in [2.24, 2.45) is 5.92 Å². The van der Waals surface area contributed by atoms with Gasteiger partial charge in [-0.2, -0.15) is 0 Å². The molecule has 1 N–H and O–H groups in total. The van der Waals surface area contributed by atoms with Crippen LogP contribution in [0.1, 0.15) is 57.8 Å². The molecule has 2 rings (SSSR count). The van der Waals surface area contributed by atoms with Gasteiger partial charge in [0.1, 0.15) is 5.60 Å². The third-order valence-electron chi connectivity index (χ3n) is 4.70. The fourth-order valence-corrected chi connectivity index (χ4v) is 2.98. The fourth-order valence-electron chi connectivity index (χ4n) is 2.98. The molecule has 0 radical (unpaired) electrons. The maximum absolute atomic E-state index is 12.4. The van der Waals surface area contributed by atoms with Crippen LogP contribution in [0.15, 0.2) is 24.3 Å². The van der Waals surface area contributed by atoms with E-state index in [0.717, 1.165) is 0 Å². The number of benzene rings is 1. The van der Waals surface area contributed by atoms with Gasteiger partial charge >= 0.3 is 12.1 Å². The van der Waals surface area contributed by atoms with E-state index in [1.807, 2.05) is 0 Å². The zero-order valence-electron chi connectivity index (χ0n) is 18.2. The number of amides is 2. The molecule has 0 bridgehead atoms. The lowest BCUT2D eigenvalue weighted by molar-refractivity contribution is -0.158. The van der Waals surface area contributed by atoms with Gasteiger partial charge in [0.2, 0.25) is 0 Å². The van der Waals surface area contributed by atoms with Crippen molar-refractivity contribution in [2.75, 3.05) is 18.4 Å². The zero-order valence-corrected chi connectivity index (χ0v) is 18.2. The van der Waals surface area contributed by atoms with Crippen LogP contribution < -0.4 is 5.32 Å². The molecule has 30 heavy (non-hydrogen) atoms. The number of rotatable bonds is 5. The molecule has 0 aromatic heterocycles. The summed E-state index contributed by atoms with van der Waals surface area (Å²) in [7, 11) is 0. The second-order valence-corrected chi connectivity index (χ2v) is 8.44. The lowest BCUT2D eigenvalue weighted by Crippen LogP contribution is -2.43. The van der Waals surface area contributed by atoms with Crippen LogP contribution in [-0.4, -0.2) is 53.4 Å². The Kier molecular flexibility index (Phi) is 7.59. The van der Waals surface area contributed by atoms with E-state index in [1.165, 1.54) is 13.8 Å². The number of Topliss-reactive ketones (excluding diaryl/α,β-unsaturated/α-hetero) is 1. The highest BCUT2D eigenvalue weighted by Gasteiger charge is 2.32.